The molecule has 0 fully saturated rings. The summed E-state index contributed by atoms with van der Waals surface area (Å²) in [6, 6.07) is 3.69. The smallest absolute Gasteiger partial charge is 0.277 e. The molecule has 2 heterocycles. The van der Waals surface area contributed by atoms with Crippen LogP contribution in [-0.2, 0) is 14.3 Å². The second kappa shape index (κ2) is 8.24. The molecule has 1 aromatic heterocycles. The minimum Gasteiger partial charge on any atom is -0.395 e. The lowest BCUT2D eigenvalue weighted by Crippen LogP contribution is -2.36. The number of nitrogens with zero attached hydrogens (tertiary/aromatic N) is 2. The molecule has 0 aliphatic carbocycles. The summed E-state index contributed by atoms with van der Waals surface area (Å²) in [5.74, 6) is -0.570. The van der Waals surface area contributed by atoms with E-state index in [2.05, 4.69) is 0 Å². The molecule has 0 radical (unpaired) electrons. The Morgan fingerprint density at radius 1 is 1.35 bits per heavy atom. The molecule has 126 valence electrons. The van der Waals surface area contributed by atoms with Gasteiger partial charge < -0.3 is 14.7 Å². The van der Waals surface area contributed by atoms with E-state index in [-0.39, 0.29) is 18.4 Å². The first-order chi connectivity index (χ1) is 11.1. The minimum atomic E-state index is -0.300. The van der Waals surface area contributed by atoms with E-state index in [0.29, 0.717) is 44.0 Å². The van der Waals surface area contributed by atoms with Crippen LogP contribution in [0.2, 0.25) is 0 Å². The van der Waals surface area contributed by atoms with Gasteiger partial charge in [0.1, 0.15) is 5.70 Å². The van der Waals surface area contributed by atoms with E-state index in [4.69, 9.17) is 9.84 Å². The van der Waals surface area contributed by atoms with Gasteiger partial charge in [0.05, 0.1) is 12.2 Å². The number of likely N-dealkylation sites (N-methyl/N-ethyl adjacent to an activating group) is 1. The summed E-state index contributed by atoms with van der Waals surface area (Å²) < 4.78 is 5.27. The standard InChI is InChI=1S/C16H22N2O4S/c1-3-22-10-5-7-18-15(20)13(12-6-4-11-23-12)14(16(18)21)17(2)8-9-19/h4,6,11,19H,3,5,7-10H2,1-2H3. The molecule has 1 aromatic rings. The number of hydrogen-bond donors (Lipinski definition) is 1. The Morgan fingerprint density at radius 3 is 2.74 bits per heavy atom. The third-order valence-corrected chi connectivity index (χ3v) is 4.49. The van der Waals surface area contributed by atoms with Crippen molar-refractivity contribution < 1.29 is 19.4 Å². The van der Waals surface area contributed by atoms with E-state index >= 15 is 0 Å². The molecule has 0 saturated heterocycles. The Balaban J connectivity index is 2.24. The van der Waals surface area contributed by atoms with Crippen LogP contribution in [0.3, 0.4) is 0 Å². The molecule has 7 heteroatoms. The fourth-order valence-electron chi connectivity index (χ4n) is 2.49. The maximum absolute atomic E-state index is 12.7. The van der Waals surface area contributed by atoms with Gasteiger partial charge in [0, 0.05) is 38.2 Å². The number of carbonyl (C=O) groups is 2. The number of aliphatic hydroxyl groups is 1. The second-order valence-corrected chi connectivity index (χ2v) is 6.11. The zero-order chi connectivity index (χ0) is 16.8. The van der Waals surface area contributed by atoms with Crippen LogP contribution in [0.5, 0.6) is 0 Å². The predicted molar refractivity (Wildman–Crippen MR) is 88.8 cm³/mol. The number of aliphatic hydroxyl groups excluding tert-OH is 1. The van der Waals surface area contributed by atoms with E-state index in [1.165, 1.54) is 16.2 Å². The van der Waals surface area contributed by atoms with Gasteiger partial charge in [0.25, 0.3) is 11.8 Å². The number of ether oxygens (including phenoxy) is 1. The first kappa shape index (κ1) is 17.7. The van der Waals surface area contributed by atoms with E-state index in [1.54, 1.807) is 11.9 Å². The predicted octanol–water partition coefficient (Wildman–Crippen LogP) is 1.18. The molecule has 0 spiro atoms. The Bertz CT molecular complexity index is 583. The Kier molecular flexibility index (Phi) is 6.32. The summed E-state index contributed by atoms with van der Waals surface area (Å²) in [4.78, 5) is 29.1. The minimum absolute atomic E-state index is 0.0798. The van der Waals surface area contributed by atoms with Gasteiger partial charge in [-0.15, -0.1) is 11.3 Å². The Hall–Kier alpha value is -1.70. The summed E-state index contributed by atoms with van der Waals surface area (Å²) in [5.41, 5.74) is 0.792. The lowest BCUT2D eigenvalue weighted by Gasteiger charge is -2.20. The number of carbonyl (C=O) groups excluding carboxylic acids is 2. The number of imide groups is 1. The lowest BCUT2D eigenvalue weighted by atomic mass is 10.2. The molecule has 6 nitrogen and oxygen atoms in total. The number of rotatable bonds is 9. The quantitative estimate of drug-likeness (QED) is 0.541. The molecule has 2 amide bonds. The highest BCUT2D eigenvalue weighted by atomic mass is 32.1. The lowest BCUT2D eigenvalue weighted by molar-refractivity contribution is -0.137. The molecular weight excluding hydrogens is 316 g/mol. The van der Waals surface area contributed by atoms with Gasteiger partial charge in [0.2, 0.25) is 0 Å². The highest BCUT2D eigenvalue weighted by molar-refractivity contribution is 7.11. The first-order valence-corrected chi connectivity index (χ1v) is 8.53. The largest absolute Gasteiger partial charge is 0.395 e. The molecule has 0 aromatic carbocycles. The average Bonchev–Trinajstić information content (AvgIpc) is 3.12. The van der Waals surface area contributed by atoms with Gasteiger partial charge in [-0.05, 0) is 24.8 Å². The summed E-state index contributed by atoms with van der Waals surface area (Å²) in [5, 5.41) is 11.0. The Labute approximate surface area is 140 Å². The van der Waals surface area contributed by atoms with Crippen molar-refractivity contribution in [3.05, 3.63) is 28.1 Å². The van der Waals surface area contributed by atoms with Crippen LogP contribution in [0.25, 0.3) is 5.57 Å². The van der Waals surface area contributed by atoms with Crippen molar-refractivity contribution in [3.8, 4) is 0 Å². The summed E-state index contributed by atoms with van der Waals surface area (Å²) >= 11 is 1.43. The SMILES string of the molecule is CCOCCCN1C(=O)C(c2cccs2)=C(N(C)CCO)C1=O. The van der Waals surface area contributed by atoms with Gasteiger partial charge >= 0.3 is 0 Å². The van der Waals surface area contributed by atoms with Crippen molar-refractivity contribution in [1.82, 2.24) is 9.80 Å². The normalized spacial score (nSPS) is 15.0. The van der Waals surface area contributed by atoms with Crippen molar-refractivity contribution in [1.29, 1.82) is 0 Å². The van der Waals surface area contributed by atoms with Crippen LogP contribution >= 0.6 is 11.3 Å². The first-order valence-electron chi connectivity index (χ1n) is 7.65. The highest BCUT2D eigenvalue weighted by Crippen LogP contribution is 2.33. The van der Waals surface area contributed by atoms with Gasteiger partial charge in [-0.2, -0.15) is 0 Å². The highest BCUT2D eigenvalue weighted by Gasteiger charge is 2.40. The molecule has 0 saturated carbocycles. The van der Waals surface area contributed by atoms with E-state index < -0.39 is 0 Å². The maximum atomic E-state index is 12.7. The maximum Gasteiger partial charge on any atom is 0.277 e. The summed E-state index contributed by atoms with van der Waals surface area (Å²) in [6.45, 7) is 3.60. The number of hydrogen-bond acceptors (Lipinski definition) is 6. The van der Waals surface area contributed by atoms with Gasteiger partial charge in [-0.25, -0.2) is 0 Å². The fraction of sp³-hybridized carbons (Fsp3) is 0.500. The van der Waals surface area contributed by atoms with E-state index in [0.717, 1.165) is 4.88 Å². The van der Waals surface area contributed by atoms with E-state index in [9.17, 15) is 9.59 Å². The molecule has 1 aliphatic heterocycles. The molecule has 1 aliphatic rings. The molecule has 1 N–H and O–H groups in total. The molecular formula is C16H22N2O4S. The molecule has 0 atom stereocenters. The van der Waals surface area contributed by atoms with Gasteiger partial charge in [-0.3, -0.25) is 14.5 Å². The van der Waals surface area contributed by atoms with Crippen LogP contribution in [0, 0.1) is 0 Å². The summed E-state index contributed by atoms with van der Waals surface area (Å²) in [7, 11) is 1.72. The number of thiophene rings is 1. The topological polar surface area (TPSA) is 70.1 Å². The average molecular weight is 338 g/mol. The molecule has 23 heavy (non-hydrogen) atoms. The van der Waals surface area contributed by atoms with Gasteiger partial charge in [-0.1, -0.05) is 6.07 Å². The van der Waals surface area contributed by atoms with Crippen LogP contribution in [-0.4, -0.2) is 66.7 Å². The zero-order valence-electron chi connectivity index (χ0n) is 13.4. The summed E-state index contributed by atoms with van der Waals surface area (Å²) in [6.07, 6.45) is 0.611. The van der Waals surface area contributed by atoms with Crippen LogP contribution in [0.15, 0.2) is 23.2 Å². The van der Waals surface area contributed by atoms with Crippen molar-refractivity contribution >= 4 is 28.7 Å². The Morgan fingerprint density at radius 2 is 2.13 bits per heavy atom. The third-order valence-electron chi connectivity index (χ3n) is 3.60. The molecule has 0 unspecified atom stereocenters. The van der Waals surface area contributed by atoms with Crippen molar-refractivity contribution in [2.45, 2.75) is 13.3 Å². The third kappa shape index (κ3) is 3.80. The van der Waals surface area contributed by atoms with E-state index in [1.807, 2.05) is 24.4 Å². The van der Waals surface area contributed by atoms with Crippen molar-refractivity contribution in [2.24, 2.45) is 0 Å². The van der Waals surface area contributed by atoms with Crippen molar-refractivity contribution in [3.63, 3.8) is 0 Å². The van der Waals surface area contributed by atoms with Crippen LogP contribution < -0.4 is 0 Å². The second-order valence-electron chi connectivity index (χ2n) is 5.16. The van der Waals surface area contributed by atoms with Gasteiger partial charge in [0.15, 0.2) is 0 Å². The molecule has 0 bridgehead atoms. The fourth-order valence-corrected chi connectivity index (χ4v) is 3.26. The van der Waals surface area contributed by atoms with Crippen LogP contribution in [0.1, 0.15) is 18.2 Å². The van der Waals surface area contributed by atoms with Crippen LogP contribution in [0.4, 0.5) is 0 Å². The van der Waals surface area contributed by atoms with Crippen molar-refractivity contribution in [2.75, 3.05) is 40.0 Å². The zero-order valence-corrected chi connectivity index (χ0v) is 14.3. The number of amides is 2. The molecule has 2 rings (SSSR count). The monoisotopic (exact) mass is 338 g/mol.